The first-order valence-electron chi connectivity index (χ1n) is 36.5. The molecule has 0 bridgehead atoms. The summed E-state index contributed by atoms with van der Waals surface area (Å²) in [6, 6.07) is 54.5. The van der Waals surface area contributed by atoms with Crippen molar-refractivity contribution < 1.29 is 42.7 Å². The topological polar surface area (TPSA) is 234 Å². The second-order valence-electron chi connectivity index (χ2n) is 26.7. The summed E-state index contributed by atoms with van der Waals surface area (Å²) >= 11 is 12.8. The lowest BCUT2D eigenvalue weighted by atomic mass is 9.97. The summed E-state index contributed by atoms with van der Waals surface area (Å²) in [6.07, 6.45) is 11.6. The molecule has 0 saturated carbocycles. The minimum atomic E-state index is -0.416. The Morgan fingerprint density at radius 2 is 0.696 bits per heavy atom. The van der Waals surface area contributed by atoms with Crippen molar-refractivity contribution in [1.29, 1.82) is 0 Å². The summed E-state index contributed by atoms with van der Waals surface area (Å²) < 4.78 is 21.3. The summed E-state index contributed by atoms with van der Waals surface area (Å²) in [5.41, 5.74) is 15.8. The molecule has 0 spiro atoms. The lowest BCUT2D eigenvalue weighted by Crippen LogP contribution is -2.25. The summed E-state index contributed by atoms with van der Waals surface area (Å²) in [4.78, 5) is 108. The summed E-state index contributed by atoms with van der Waals surface area (Å²) in [5, 5.41) is 18.0. The van der Waals surface area contributed by atoms with E-state index in [-0.39, 0.29) is 66.0 Å². The molecule has 0 saturated heterocycles. The van der Waals surface area contributed by atoms with E-state index in [4.69, 9.17) is 23.2 Å². The maximum Gasteiger partial charge on any atom is 0.226 e. The van der Waals surface area contributed by atoms with Crippen LogP contribution >= 0.6 is 23.2 Å². The molecular formula is C88H90Cl2FN13O8. The first-order chi connectivity index (χ1) is 53.5. The highest BCUT2D eigenvalue weighted by Crippen LogP contribution is 2.35. The van der Waals surface area contributed by atoms with Gasteiger partial charge in [-0.05, 0) is 125 Å². The maximum atomic E-state index is 14.6. The van der Waals surface area contributed by atoms with Gasteiger partial charge in [-0.25, -0.2) is 4.39 Å². The predicted octanol–water partition coefficient (Wildman–Crippen LogP) is 16.7. The molecule has 0 radical (unpaired) electrons. The van der Waals surface area contributed by atoms with Crippen molar-refractivity contribution in [3.63, 3.8) is 0 Å². The Kier molecular flexibility index (Phi) is 29.0. The molecule has 0 aliphatic heterocycles. The van der Waals surface area contributed by atoms with Gasteiger partial charge in [0.15, 0.2) is 23.1 Å². The zero-order valence-electron chi connectivity index (χ0n) is 65.1. The number of carbonyl (C=O) groups is 8. The number of hydrogen-bond acceptors (Lipinski definition) is 13. The van der Waals surface area contributed by atoms with Crippen LogP contribution in [-0.4, -0.2) is 119 Å². The SMILES string of the molecule is CCC(=O)N(C)c1ccc(-c2ccc(C(=O)Cc3ccn(C)n3)cc2)c(C)c1.CCC(=O)N(C)c1ccc(-c2ccc(C(=O)Cc3ccn(C)n3)cc2)c(Cl)c1.CCC(=O)N(C)c1ccc(-c2ccc(C(=O)Cc3ccn(C)n3)cc2)c(F)c1.CCC(=O)N(C)c1ccc(-c2ccc(C(=O)Cc3ccn(C)n3)nc2)cc1Cl. The first kappa shape index (κ1) is 83.6. The number of amides is 4. The standard InChI is InChI=1S/C23H25N3O2.C22H22ClN3O2.C22H22FN3O2.C21H21ClN4O2/c1-5-23(28)26(4)20-10-11-21(16(2)14-20)17-6-8-18(9-7-17)22(27)15-19-12-13-25(3)24-19;2*1-4-22(28)26(3)18-9-10-19(20(23)14-18)15-5-7-16(8-6-15)21(27)13-17-11-12-25(2)24-17;1-4-21(28)26(3)19-8-6-14(11-17(19)22)15-5-7-18(23-13-15)20(27)12-16-9-10-25(2)24-16/h6-14H,5,15H2,1-4H3;2*5-12,14H,4,13H2,1-3H3;5-11,13H,4,12H2,1-3H3. The number of hydrogen-bond donors (Lipinski definition) is 0. The van der Waals surface area contributed by atoms with Gasteiger partial charge >= 0.3 is 0 Å². The predicted molar refractivity (Wildman–Crippen MR) is 440 cm³/mol. The molecule has 12 aromatic rings. The Bertz CT molecular complexity index is 4970. The second-order valence-corrected chi connectivity index (χ2v) is 27.5. The van der Waals surface area contributed by atoms with Crippen LogP contribution in [0.25, 0.3) is 44.5 Å². The molecule has 5 aromatic heterocycles. The Labute approximate surface area is 661 Å². The van der Waals surface area contributed by atoms with Crippen LogP contribution in [-0.2, 0) is 73.1 Å². The van der Waals surface area contributed by atoms with E-state index in [1.165, 1.54) is 11.0 Å². The van der Waals surface area contributed by atoms with Crippen LogP contribution in [0, 0.1) is 12.7 Å². The smallest absolute Gasteiger partial charge is 0.226 e. The zero-order valence-corrected chi connectivity index (χ0v) is 66.6. The number of pyridine rings is 1. The van der Waals surface area contributed by atoms with Crippen molar-refractivity contribution >= 4 is 92.7 Å². The van der Waals surface area contributed by atoms with Crippen molar-refractivity contribution in [3.05, 3.63) is 280 Å². The van der Waals surface area contributed by atoms with Crippen LogP contribution in [0.3, 0.4) is 0 Å². The first-order valence-corrected chi connectivity index (χ1v) is 37.2. The molecular weight excluding hydrogens is 1460 g/mol. The van der Waals surface area contributed by atoms with E-state index in [0.717, 1.165) is 61.7 Å². The fraction of sp³-hybridized carbons (Fsp3) is 0.239. The number of ketones is 4. The highest BCUT2D eigenvalue weighted by Gasteiger charge is 2.20. The number of benzene rings is 7. The van der Waals surface area contributed by atoms with E-state index in [1.807, 2.05) is 170 Å². The van der Waals surface area contributed by atoms with Crippen LogP contribution in [0.15, 0.2) is 213 Å². The van der Waals surface area contributed by atoms with Crippen molar-refractivity contribution in [2.45, 2.75) is 86.0 Å². The van der Waals surface area contributed by atoms with E-state index in [2.05, 4.69) is 25.4 Å². The number of rotatable bonds is 24. The maximum absolute atomic E-state index is 14.6. The molecule has 7 aromatic carbocycles. The number of halogens is 3. The quantitative estimate of drug-likeness (QED) is 0.0513. The summed E-state index contributed by atoms with van der Waals surface area (Å²) in [7, 11) is 14.1. The number of carbonyl (C=O) groups excluding carboxylic acids is 8. The number of aryl methyl sites for hydroxylation is 5. The van der Waals surface area contributed by atoms with Crippen molar-refractivity contribution in [2.24, 2.45) is 28.2 Å². The lowest BCUT2D eigenvalue weighted by Gasteiger charge is -2.18. The minimum absolute atomic E-state index is 0.00733. The largest absolute Gasteiger partial charge is 0.316 e. The second kappa shape index (κ2) is 38.8. The van der Waals surface area contributed by atoms with Gasteiger partial charge in [0.1, 0.15) is 11.5 Å². The molecule has 4 amide bonds. The van der Waals surface area contributed by atoms with E-state index in [1.54, 1.807) is 161 Å². The van der Waals surface area contributed by atoms with Crippen LogP contribution in [0.2, 0.25) is 10.0 Å². The Morgan fingerprint density at radius 1 is 0.357 bits per heavy atom. The van der Waals surface area contributed by atoms with Gasteiger partial charge in [0.2, 0.25) is 23.6 Å². The summed E-state index contributed by atoms with van der Waals surface area (Å²) in [6.45, 7) is 9.29. The molecule has 5 heterocycles. The molecule has 576 valence electrons. The highest BCUT2D eigenvalue weighted by atomic mass is 35.5. The third-order valence-corrected chi connectivity index (χ3v) is 19.3. The molecule has 0 fully saturated rings. The number of anilines is 4. The molecule has 0 N–H and O–H groups in total. The van der Waals surface area contributed by atoms with Gasteiger partial charge in [-0.1, -0.05) is 148 Å². The summed E-state index contributed by atoms with van der Waals surface area (Å²) in [5.74, 6) is -0.444. The van der Waals surface area contributed by atoms with Gasteiger partial charge in [0, 0.05) is 163 Å². The van der Waals surface area contributed by atoms with Gasteiger partial charge in [-0.15, -0.1) is 0 Å². The number of aromatic nitrogens is 9. The van der Waals surface area contributed by atoms with Crippen LogP contribution < -0.4 is 19.6 Å². The molecule has 0 aliphatic rings. The van der Waals surface area contributed by atoms with Crippen LogP contribution in [0.1, 0.15) is 123 Å². The van der Waals surface area contributed by atoms with Crippen LogP contribution in [0.4, 0.5) is 27.1 Å². The Hall–Kier alpha value is -12.4. The fourth-order valence-electron chi connectivity index (χ4n) is 12.1. The van der Waals surface area contributed by atoms with Gasteiger partial charge < -0.3 is 19.6 Å². The van der Waals surface area contributed by atoms with Crippen molar-refractivity contribution in [3.8, 4) is 44.5 Å². The lowest BCUT2D eigenvalue weighted by molar-refractivity contribution is -0.118. The van der Waals surface area contributed by atoms with Gasteiger partial charge in [0.25, 0.3) is 0 Å². The molecule has 0 unspecified atom stereocenters. The Morgan fingerprint density at radius 3 is 1.04 bits per heavy atom. The molecule has 12 rings (SSSR count). The van der Waals surface area contributed by atoms with E-state index < -0.39 is 5.82 Å². The monoisotopic (exact) mass is 1550 g/mol. The van der Waals surface area contributed by atoms with Crippen LogP contribution in [0.5, 0.6) is 0 Å². The Balaban J connectivity index is 0.000000171. The van der Waals surface area contributed by atoms with Gasteiger partial charge in [-0.2, -0.15) is 20.4 Å². The minimum Gasteiger partial charge on any atom is -0.316 e. The average Bonchev–Trinajstić information content (AvgIpc) is 1.16. The third kappa shape index (κ3) is 22.0. The van der Waals surface area contributed by atoms with Crippen molar-refractivity contribution in [1.82, 2.24) is 44.1 Å². The molecule has 0 aliphatic carbocycles. The normalized spacial score (nSPS) is 10.7. The van der Waals surface area contributed by atoms with E-state index >= 15 is 0 Å². The molecule has 112 heavy (non-hydrogen) atoms. The van der Waals surface area contributed by atoms with E-state index in [9.17, 15) is 42.7 Å². The average molecular weight is 1550 g/mol. The fourth-order valence-corrected chi connectivity index (χ4v) is 12.7. The van der Waals surface area contributed by atoms with Gasteiger partial charge in [0.05, 0.1) is 64.2 Å². The number of Topliss-reactive ketones (excluding diaryl/α,β-unsaturated/α-hetero) is 4. The molecule has 21 nitrogen and oxygen atoms in total. The highest BCUT2D eigenvalue weighted by molar-refractivity contribution is 6.34. The zero-order chi connectivity index (χ0) is 81.0. The van der Waals surface area contributed by atoms with Gasteiger partial charge in [-0.3, -0.25) is 62.1 Å². The molecule has 0 atom stereocenters. The third-order valence-electron chi connectivity index (χ3n) is 18.7. The molecule has 24 heteroatoms. The van der Waals surface area contributed by atoms with Crippen molar-refractivity contribution in [2.75, 3.05) is 47.8 Å². The van der Waals surface area contributed by atoms with E-state index in [0.29, 0.717) is 98.4 Å². The number of nitrogens with zero attached hydrogens (tertiary/aromatic N) is 13.